The van der Waals surface area contributed by atoms with Gasteiger partial charge in [0.1, 0.15) is 0 Å². The Morgan fingerprint density at radius 3 is 2.67 bits per heavy atom. The molecule has 0 bridgehead atoms. The van der Waals surface area contributed by atoms with Crippen LogP contribution in [0.2, 0.25) is 0 Å². The van der Waals surface area contributed by atoms with Crippen molar-refractivity contribution in [3.8, 4) is 0 Å². The largest absolute Gasteiger partial charge is 0.469 e. The van der Waals surface area contributed by atoms with E-state index in [-0.39, 0.29) is 17.3 Å². The molecule has 0 aromatic heterocycles. The van der Waals surface area contributed by atoms with Gasteiger partial charge in [0.2, 0.25) is 0 Å². The number of aliphatic hydroxyl groups is 1. The number of rotatable bonds is 1. The molecule has 0 radical (unpaired) electrons. The maximum absolute atomic E-state index is 12.2. The van der Waals surface area contributed by atoms with E-state index >= 15 is 0 Å². The number of carbonyl (C=O) groups excluding carboxylic acids is 1. The summed E-state index contributed by atoms with van der Waals surface area (Å²) in [6.07, 6.45) is 4.06. The molecule has 2 aliphatic rings. The van der Waals surface area contributed by atoms with Gasteiger partial charge in [0, 0.05) is 0 Å². The summed E-state index contributed by atoms with van der Waals surface area (Å²) in [5, 5.41) is 10.0. The van der Waals surface area contributed by atoms with Gasteiger partial charge in [0.05, 0.1) is 18.6 Å². The number of methoxy groups -OCH3 is 1. The number of hydrogen-bond acceptors (Lipinski definition) is 3. The third-order valence-electron chi connectivity index (χ3n) is 5.45. The van der Waals surface area contributed by atoms with Gasteiger partial charge in [0.15, 0.2) is 0 Å². The van der Waals surface area contributed by atoms with Crippen molar-refractivity contribution in [3.05, 3.63) is 12.2 Å². The minimum absolute atomic E-state index is 0.109. The minimum atomic E-state index is -0.426. The van der Waals surface area contributed by atoms with Crippen LogP contribution < -0.4 is 0 Å². The van der Waals surface area contributed by atoms with E-state index in [1.165, 1.54) is 7.11 Å². The summed E-state index contributed by atoms with van der Waals surface area (Å²) in [6.45, 7) is 8.28. The lowest BCUT2D eigenvalue weighted by atomic mass is 9.49. The second-order valence-electron chi connectivity index (χ2n) is 6.35. The maximum atomic E-state index is 12.2. The van der Waals surface area contributed by atoms with Crippen LogP contribution in [-0.4, -0.2) is 24.3 Å². The summed E-state index contributed by atoms with van der Waals surface area (Å²) < 4.78 is 5.02. The number of hydrogen-bond donors (Lipinski definition) is 1. The third-order valence-corrected chi connectivity index (χ3v) is 5.45. The van der Waals surface area contributed by atoms with Crippen LogP contribution in [0.1, 0.15) is 46.0 Å². The summed E-state index contributed by atoms with van der Waals surface area (Å²) in [5.41, 5.74) is 0.359. The van der Waals surface area contributed by atoms with Crippen LogP contribution in [0.5, 0.6) is 0 Å². The molecular weight excluding hydrogens is 228 g/mol. The lowest BCUT2D eigenvalue weighted by Gasteiger charge is -2.55. The van der Waals surface area contributed by atoms with Crippen molar-refractivity contribution in [1.29, 1.82) is 0 Å². The van der Waals surface area contributed by atoms with Gasteiger partial charge in [0.25, 0.3) is 0 Å². The smallest absolute Gasteiger partial charge is 0.311 e. The van der Waals surface area contributed by atoms with E-state index in [4.69, 9.17) is 4.74 Å². The molecule has 3 nitrogen and oxygen atoms in total. The Labute approximate surface area is 109 Å². The van der Waals surface area contributed by atoms with Gasteiger partial charge in [-0.15, -0.1) is 0 Å². The fourth-order valence-corrected chi connectivity index (χ4v) is 4.25. The lowest BCUT2D eigenvalue weighted by Crippen LogP contribution is -2.52. The zero-order chi connectivity index (χ0) is 13.6. The van der Waals surface area contributed by atoms with Crippen LogP contribution in [-0.2, 0) is 9.53 Å². The summed E-state index contributed by atoms with van der Waals surface area (Å²) in [4.78, 5) is 12.2. The van der Waals surface area contributed by atoms with E-state index in [9.17, 15) is 9.90 Å². The molecule has 4 atom stereocenters. The summed E-state index contributed by atoms with van der Waals surface area (Å²) in [6, 6.07) is 0. The second-order valence-corrected chi connectivity index (χ2v) is 6.35. The van der Waals surface area contributed by atoms with Gasteiger partial charge < -0.3 is 9.84 Å². The van der Waals surface area contributed by atoms with Crippen LogP contribution in [0, 0.1) is 16.7 Å². The molecule has 0 aliphatic heterocycles. The standard InChI is InChI=1S/C15H24O3/c1-10-11(16)6-7-12-14(10,2)8-5-9-15(12,3)13(17)18-4/h11-12,16H,1,5-9H2,2-4H3/t11-,12+,14+,15-/m0/s1. The molecule has 2 rings (SSSR count). The summed E-state index contributed by atoms with van der Waals surface area (Å²) >= 11 is 0. The molecule has 18 heavy (non-hydrogen) atoms. The third kappa shape index (κ3) is 1.71. The van der Waals surface area contributed by atoms with Gasteiger partial charge in [-0.05, 0) is 49.5 Å². The molecule has 0 unspecified atom stereocenters. The minimum Gasteiger partial charge on any atom is -0.469 e. The normalized spacial score (nSPS) is 44.3. The van der Waals surface area contributed by atoms with E-state index in [0.29, 0.717) is 6.42 Å². The molecule has 0 spiro atoms. The molecule has 0 heterocycles. The topological polar surface area (TPSA) is 46.5 Å². The molecule has 102 valence electrons. The molecule has 0 saturated heterocycles. The lowest BCUT2D eigenvalue weighted by molar-refractivity contribution is -0.164. The Balaban J connectivity index is 2.38. The first-order valence-corrected chi connectivity index (χ1v) is 6.82. The highest BCUT2D eigenvalue weighted by Gasteiger charge is 2.56. The Bertz CT molecular complexity index is 366. The van der Waals surface area contributed by atoms with E-state index in [1.54, 1.807) is 0 Å². The predicted octanol–water partition coefficient (Wildman–Crippen LogP) is 2.68. The number of ether oxygens (including phenoxy) is 1. The van der Waals surface area contributed by atoms with Crippen molar-refractivity contribution >= 4 is 5.97 Å². The Kier molecular flexibility index (Phi) is 3.30. The van der Waals surface area contributed by atoms with Gasteiger partial charge in [-0.3, -0.25) is 4.79 Å². The fourth-order valence-electron chi connectivity index (χ4n) is 4.25. The van der Waals surface area contributed by atoms with Crippen molar-refractivity contribution in [2.45, 2.75) is 52.1 Å². The SMILES string of the molecule is C=C1[C@@H](O)CC[C@@H]2[C@]1(C)CCC[C@]2(C)C(=O)OC. The zero-order valence-electron chi connectivity index (χ0n) is 11.7. The Morgan fingerprint density at radius 1 is 1.39 bits per heavy atom. The highest BCUT2D eigenvalue weighted by atomic mass is 16.5. The summed E-state index contributed by atoms with van der Waals surface area (Å²) in [7, 11) is 1.46. The van der Waals surface area contributed by atoms with E-state index in [1.807, 2.05) is 6.92 Å². The number of esters is 1. The van der Waals surface area contributed by atoms with Gasteiger partial charge in [-0.1, -0.05) is 19.9 Å². The molecule has 3 heteroatoms. The number of carbonyl (C=O) groups is 1. The summed E-state index contributed by atoms with van der Waals surface area (Å²) in [5.74, 6) is 0.129. The fraction of sp³-hybridized carbons (Fsp3) is 0.800. The zero-order valence-corrected chi connectivity index (χ0v) is 11.7. The van der Waals surface area contributed by atoms with Crippen molar-refractivity contribution in [2.75, 3.05) is 7.11 Å². The number of fused-ring (bicyclic) bond motifs is 1. The molecule has 0 aromatic rings. The average molecular weight is 252 g/mol. The molecule has 2 aliphatic carbocycles. The van der Waals surface area contributed by atoms with Crippen molar-refractivity contribution in [2.24, 2.45) is 16.7 Å². The first-order valence-electron chi connectivity index (χ1n) is 6.82. The van der Waals surface area contributed by atoms with Crippen molar-refractivity contribution in [1.82, 2.24) is 0 Å². The molecule has 0 aromatic carbocycles. The van der Waals surface area contributed by atoms with Gasteiger partial charge in [-0.25, -0.2) is 0 Å². The van der Waals surface area contributed by atoms with Gasteiger partial charge in [-0.2, -0.15) is 0 Å². The van der Waals surface area contributed by atoms with Crippen LogP contribution in [0.3, 0.4) is 0 Å². The monoisotopic (exact) mass is 252 g/mol. The average Bonchev–Trinajstić information content (AvgIpc) is 2.34. The van der Waals surface area contributed by atoms with Crippen LogP contribution in [0.4, 0.5) is 0 Å². The first kappa shape index (κ1) is 13.6. The predicted molar refractivity (Wildman–Crippen MR) is 70.0 cm³/mol. The van der Waals surface area contributed by atoms with Crippen LogP contribution in [0.25, 0.3) is 0 Å². The highest BCUT2D eigenvalue weighted by Crippen LogP contribution is 2.59. The highest BCUT2D eigenvalue weighted by molar-refractivity contribution is 5.77. The quantitative estimate of drug-likeness (QED) is 0.576. The molecule has 1 N–H and O–H groups in total. The van der Waals surface area contributed by atoms with E-state index in [0.717, 1.165) is 31.3 Å². The van der Waals surface area contributed by atoms with E-state index in [2.05, 4.69) is 13.5 Å². The molecular formula is C15H24O3. The van der Waals surface area contributed by atoms with Crippen molar-refractivity contribution in [3.63, 3.8) is 0 Å². The molecule has 2 saturated carbocycles. The Morgan fingerprint density at radius 2 is 2.06 bits per heavy atom. The van der Waals surface area contributed by atoms with Crippen molar-refractivity contribution < 1.29 is 14.6 Å². The molecule has 0 amide bonds. The van der Waals surface area contributed by atoms with Gasteiger partial charge >= 0.3 is 5.97 Å². The maximum Gasteiger partial charge on any atom is 0.311 e. The number of aliphatic hydroxyl groups excluding tert-OH is 1. The molecule has 2 fully saturated rings. The van der Waals surface area contributed by atoms with Crippen LogP contribution in [0.15, 0.2) is 12.2 Å². The second kappa shape index (κ2) is 4.37. The van der Waals surface area contributed by atoms with E-state index < -0.39 is 11.5 Å². The first-order chi connectivity index (χ1) is 8.36. The van der Waals surface area contributed by atoms with Crippen LogP contribution >= 0.6 is 0 Å². The Hall–Kier alpha value is -0.830.